The van der Waals surface area contributed by atoms with Crippen molar-refractivity contribution in [2.45, 2.75) is 16.7 Å². The molecule has 41 heavy (non-hydrogen) atoms. The topological polar surface area (TPSA) is 134 Å². The van der Waals surface area contributed by atoms with Crippen molar-refractivity contribution in [2.75, 3.05) is 56.5 Å². The second-order valence-corrected chi connectivity index (χ2v) is 13.3. The molecule has 0 saturated carbocycles. The van der Waals surface area contributed by atoms with Gasteiger partial charge in [0.2, 0.25) is 10.0 Å². The number of hydrogen-bond acceptors (Lipinski definition) is 8. The van der Waals surface area contributed by atoms with Crippen LogP contribution in [0, 0.1) is 0 Å². The smallest absolute Gasteiger partial charge is 0.262 e. The van der Waals surface area contributed by atoms with Crippen molar-refractivity contribution >= 4 is 48.9 Å². The molecule has 11 nitrogen and oxygen atoms in total. The van der Waals surface area contributed by atoms with Crippen molar-refractivity contribution in [3.8, 4) is 11.5 Å². The van der Waals surface area contributed by atoms with E-state index < -0.39 is 32.6 Å². The lowest BCUT2D eigenvalue weighted by atomic mass is 10.3. The van der Waals surface area contributed by atoms with E-state index in [-0.39, 0.29) is 20.6 Å². The number of carbonyl (C=O) groups is 1. The third kappa shape index (κ3) is 7.89. The average molecular weight is 623 g/mol. The number of amides is 1. The van der Waals surface area contributed by atoms with Crippen LogP contribution in [-0.2, 0) is 24.8 Å². The molecule has 0 aromatic heterocycles. The summed E-state index contributed by atoms with van der Waals surface area (Å²) in [6, 6.07) is 16.3. The van der Waals surface area contributed by atoms with Crippen LogP contribution in [-0.4, -0.2) is 78.4 Å². The van der Waals surface area contributed by atoms with Gasteiger partial charge in [-0.25, -0.2) is 16.8 Å². The van der Waals surface area contributed by atoms with E-state index in [1.165, 1.54) is 46.8 Å². The first kappa shape index (κ1) is 30.6. The van der Waals surface area contributed by atoms with Crippen LogP contribution >= 0.6 is 11.6 Å². The van der Waals surface area contributed by atoms with Crippen molar-refractivity contribution in [1.82, 2.24) is 9.21 Å². The summed E-state index contributed by atoms with van der Waals surface area (Å²) in [5.41, 5.74) is 0.746. The number of rotatable bonds is 11. The summed E-state index contributed by atoms with van der Waals surface area (Å²) in [6.07, 6.45) is 0. The summed E-state index contributed by atoms with van der Waals surface area (Å²) in [4.78, 5) is 14.6. The van der Waals surface area contributed by atoms with Crippen LogP contribution in [0.2, 0.25) is 5.02 Å². The molecule has 0 unspecified atom stereocenters. The molecule has 220 valence electrons. The summed E-state index contributed by atoms with van der Waals surface area (Å²) in [5, 5.41) is 2.64. The SMILES string of the molecule is CCOc1ccc(NS(=O)(=O)c2ccc(OCC(=O)Nc3ccc(S(=O)(=O)N4CCN(C)CC4)cc3)c(Cl)c2)cc1. The number of likely N-dealkylation sites (N-methyl/N-ethyl adjacent to an activating group) is 1. The minimum absolute atomic E-state index is 0.00540. The van der Waals surface area contributed by atoms with Crippen LogP contribution in [0.25, 0.3) is 0 Å². The number of anilines is 2. The first-order chi connectivity index (χ1) is 19.5. The Morgan fingerprint density at radius 2 is 1.46 bits per heavy atom. The number of piperazine rings is 1. The predicted molar refractivity (Wildman–Crippen MR) is 157 cm³/mol. The fourth-order valence-electron chi connectivity index (χ4n) is 3.99. The molecule has 1 heterocycles. The summed E-state index contributed by atoms with van der Waals surface area (Å²) >= 11 is 6.24. The Bertz CT molecular complexity index is 1570. The quantitative estimate of drug-likeness (QED) is 0.332. The van der Waals surface area contributed by atoms with E-state index in [0.29, 0.717) is 49.9 Å². The second kappa shape index (κ2) is 13.1. The number of sulfonamides is 2. The zero-order valence-corrected chi connectivity index (χ0v) is 24.9. The molecule has 0 aliphatic carbocycles. The molecule has 0 atom stereocenters. The van der Waals surface area contributed by atoms with Gasteiger partial charge in [-0.2, -0.15) is 4.31 Å². The van der Waals surface area contributed by atoms with Gasteiger partial charge in [0.1, 0.15) is 11.5 Å². The second-order valence-electron chi connectivity index (χ2n) is 9.22. The maximum Gasteiger partial charge on any atom is 0.262 e. The zero-order chi connectivity index (χ0) is 29.6. The number of ether oxygens (including phenoxy) is 2. The van der Waals surface area contributed by atoms with Gasteiger partial charge in [-0.15, -0.1) is 0 Å². The molecular weight excluding hydrogens is 592 g/mol. The molecular formula is C27H31ClN4O7S2. The van der Waals surface area contributed by atoms with Gasteiger partial charge in [-0.05, 0) is 80.7 Å². The Morgan fingerprint density at radius 3 is 2.07 bits per heavy atom. The number of nitrogens with one attached hydrogen (secondary N) is 2. The Hall–Kier alpha value is -3.36. The zero-order valence-electron chi connectivity index (χ0n) is 22.5. The third-order valence-corrected chi connectivity index (χ3v) is 9.82. The molecule has 1 saturated heterocycles. The number of carbonyl (C=O) groups excluding carboxylic acids is 1. The van der Waals surface area contributed by atoms with Gasteiger partial charge in [0.25, 0.3) is 15.9 Å². The molecule has 1 fully saturated rings. The molecule has 0 radical (unpaired) electrons. The molecule has 1 amide bonds. The maximum absolute atomic E-state index is 12.9. The van der Waals surface area contributed by atoms with Crippen LogP contribution in [0.5, 0.6) is 11.5 Å². The van der Waals surface area contributed by atoms with Crippen LogP contribution in [0.15, 0.2) is 76.5 Å². The molecule has 1 aliphatic heterocycles. The third-order valence-electron chi connectivity index (χ3n) is 6.23. The van der Waals surface area contributed by atoms with E-state index in [2.05, 4.69) is 14.9 Å². The molecule has 14 heteroatoms. The van der Waals surface area contributed by atoms with Gasteiger partial charge in [-0.3, -0.25) is 9.52 Å². The van der Waals surface area contributed by atoms with Gasteiger partial charge in [0, 0.05) is 37.6 Å². The van der Waals surface area contributed by atoms with E-state index in [1.807, 2.05) is 14.0 Å². The van der Waals surface area contributed by atoms with Crippen molar-refractivity contribution in [3.63, 3.8) is 0 Å². The van der Waals surface area contributed by atoms with Gasteiger partial charge < -0.3 is 19.7 Å². The van der Waals surface area contributed by atoms with Crippen molar-refractivity contribution in [1.29, 1.82) is 0 Å². The van der Waals surface area contributed by atoms with Gasteiger partial charge in [0.15, 0.2) is 6.61 Å². The Kier molecular flexibility index (Phi) is 9.76. The standard InChI is InChI=1S/C27H31ClN4O7S2/c1-3-38-22-8-4-21(5-9-22)30-40(34,35)24-12-13-26(25(28)18-24)39-19-27(33)29-20-6-10-23(11-7-20)41(36,37)32-16-14-31(2)15-17-32/h4-13,18,30H,3,14-17,19H2,1-2H3,(H,29,33). The fraction of sp³-hybridized carbons (Fsp3) is 0.296. The minimum Gasteiger partial charge on any atom is -0.494 e. The minimum atomic E-state index is -3.93. The highest BCUT2D eigenvalue weighted by atomic mass is 35.5. The normalized spacial score (nSPS) is 14.8. The van der Waals surface area contributed by atoms with Crippen LogP contribution < -0.4 is 19.5 Å². The first-order valence-electron chi connectivity index (χ1n) is 12.7. The maximum atomic E-state index is 12.9. The molecule has 0 bridgehead atoms. The molecule has 3 aromatic rings. The Morgan fingerprint density at radius 1 is 0.854 bits per heavy atom. The molecule has 1 aliphatic rings. The summed E-state index contributed by atoms with van der Waals surface area (Å²) in [5.74, 6) is 0.232. The molecule has 2 N–H and O–H groups in total. The van der Waals surface area contributed by atoms with E-state index in [1.54, 1.807) is 24.3 Å². The summed E-state index contributed by atoms with van der Waals surface area (Å²) in [7, 11) is -5.60. The highest BCUT2D eigenvalue weighted by molar-refractivity contribution is 7.92. The Balaban J connectivity index is 1.32. The lowest BCUT2D eigenvalue weighted by Gasteiger charge is -2.31. The first-order valence-corrected chi connectivity index (χ1v) is 16.0. The van der Waals surface area contributed by atoms with Gasteiger partial charge in [-0.1, -0.05) is 11.6 Å². The largest absolute Gasteiger partial charge is 0.494 e. The van der Waals surface area contributed by atoms with Crippen LogP contribution in [0.1, 0.15) is 6.92 Å². The number of benzene rings is 3. The van der Waals surface area contributed by atoms with E-state index in [0.717, 1.165) is 0 Å². The van der Waals surface area contributed by atoms with Crippen LogP contribution in [0.4, 0.5) is 11.4 Å². The molecule has 0 spiro atoms. The molecule has 3 aromatic carbocycles. The summed E-state index contributed by atoms with van der Waals surface area (Å²) in [6.45, 7) is 4.11. The summed E-state index contributed by atoms with van der Waals surface area (Å²) < 4.78 is 66.1. The monoisotopic (exact) mass is 622 g/mol. The number of hydrogen-bond donors (Lipinski definition) is 2. The highest BCUT2D eigenvalue weighted by Gasteiger charge is 2.27. The lowest BCUT2D eigenvalue weighted by molar-refractivity contribution is -0.118. The molecule has 4 rings (SSSR count). The number of nitrogens with zero attached hydrogens (tertiary/aromatic N) is 2. The highest BCUT2D eigenvalue weighted by Crippen LogP contribution is 2.29. The van der Waals surface area contributed by atoms with Crippen LogP contribution in [0.3, 0.4) is 0 Å². The van der Waals surface area contributed by atoms with Gasteiger partial charge >= 0.3 is 0 Å². The van der Waals surface area contributed by atoms with Gasteiger partial charge in [0.05, 0.1) is 21.4 Å². The lowest BCUT2D eigenvalue weighted by Crippen LogP contribution is -2.46. The number of halogens is 1. The average Bonchev–Trinajstić information content (AvgIpc) is 2.94. The Labute approximate surface area is 245 Å². The van der Waals surface area contributed by atoms with E-state index in [9.17, 15) is 21.6 Å². The van der Waals surface area contributed by atoms with Crippen molar-refractivity contribution in [2.24, 2.45) is 0 Å². The van der Waals surface area contributed by atoms with E-state index >= 15 is 0 Å². The van der Waals surface area contributed by atoms with Crippen molar-refractivity contribution < 1.29 is 31.1 Å². The predicted octanol–water partition coefficient (Wildman–Crippen LogP) is 3.49. The van der Waals surface area contributed by atoms with Crippen molar-refractivity contribution in [3.05, 3.63) is 71.8 Å². The fourth-order valence-corrected chi connectivity index (χ4v) is 6.80. The van der Waals surface area contributed by atoms with E-state index in [4.69, 9.17) is 21.1 Å².